The van der Waals surface area contributed by atoms with Crippen molar-refractivity contribution in [3.05, 3.63) is 34.4 Å². The fourth-order valence-electron chi connectivity index (χ4n) is 1.99. The van der Waals surface area contributed by atoms with E-state index in [2.05, 4.69) is 0 Å². The van der Waals surface area contributed by atoms with Gasteiger partial charge in [0.1, 0.15) is 0 Å². The van der Waals surface area contributed by atoms with E-state index in [4.69, 9.17) is 5.73 Å². The Morgan fingerprint density at radius 1 is 0.739 bits per heavy atom. The molecule has 0 heterocycles. The topological polar surface area (TPSA) is 26.0 Å². The van der Waals surface area contributed by atoms with E-state index in [1.807, 2.05) is 0 Å². The van der Waals surface area contributed by atoms with E-state index in [-0.39, 0.29) is 12.1 Å². The minimum Gasteiger partial charge on any atom is -0.324 e. The lowest BCUT2D eigenvalue weighted by atomic mass is 9.89. The molecule has 2 N–H and O–H groups in total. The number of alkyl halides is 9. The lowest BCUT2D eigenvalue weighted by Crippen LogP contribution is -2.26. The van der Waals surface area contributed by atoms with E-state index < -0.39 is 52.7 Å². The molecule has 132 valence electrons. The van der Waals surface area contributed by atoms with Crippen LogP contribution in [0.4, 0.5) is 39.5 Å². The molecule has 0 amide bonds. The summed E-state index contributed by atoms with van der Waals surface area (Å²) in [6.45, 7) is 2.84. The summed E-state index contributed by atoms with van der Waals surface area (Å²) in [5.41, 5.74) is -2.70. The summed E-state index contributed by atoms with van der Waals surface area (Å²) >= 11 is 0. The highest BCUT2D eigenvalue weighted by Gasteiger charge is 2.50. The summed E-state index contributed by atoms with van der Waals surface area (Å²) < 4.78 is 116. The van der Waals surface area contributed by atoms with Crippen molar-refractivity contribution < 1.29 is 39.5 Å². The van der Waals surface area contributed by atoms with Crippen molar-refractivity contribution in [2.75, 3.05) is 0 Å². The van der Waals surface area contributed by atoms with Gasteiger partial charge in [0.25, 0.3) is 0 Å². The molecule has 1 aromatic carbocycles. The Morgan fingerprint density at radius 2 is 1.09 bits per heavy atom. The van der Waals surface area contributed by atoms with E-state index >= 15 is 0 Å². The summed E-state index contributed by atoms with van der Waals surface area (Å²) in [5.74, 6) is -0.575. The molecule has 0 spiro atoms. The van der Waals surface area contributed by atoms with Crippen molar-refractivity contribution in [1.82, 2.24) is 0 Å². The van der Waals surface area contributed by atoms with Gasteiger partial charge in [-0.15, -0.1) is 0 Å². The van der Waals surface area contributed by atoms with E-state index in [1.54, 1.807) is 0 Å². The van der Waals surface area contributed by atoms with Crippen LogP contribution in [0.1, 0.15) is 42.1 Å². The van der Waals surface area contributed by atoms with E-state index in [0.29, 0.717) is 0 Å². The van der Waals surface area contributed by atoms with Crippen LogP contribution in [-0.2, 0) is 18.5 Å². The zero-order valence-electron chi connectivity index (χ0n) is 11.8. The summed E-state index contributed by atoms with van der Waals surface area (Å²) in [4.78, 5) is 0. The fourth-order valence-corrected chi connectivity index (χ4v) is 1.99. The van der Waals surface area contributed by atoms with Crippen LogP contribution in [-0.4, -0.2) is 0 Å². The van der Waals surface area contributed by atoms with Crippen molar-refractivity contribution in [1.29, 1.82) is 0 Å². The van der Waals surface area contributed by atoms with Crippen LogP contribution in [0.3, 0.4) is 0 Å². The third kappa shape index (κ3) is 4.30. The molecule has 0 bridgehead atoms. The molecule has 1 unspecified atom stereocenters. The van der Waals surface area contributed by atoms with Gasteiger partial charge in [-0.3, -0.25) is 0 Å². The average Bonchev–Trinajstić information content (AvgIpc) is 2.32. The lowest BCUT2D eigenvalue weighted by molar-refractivity contribution is -0.174. The number of hydrogen-bond acceptors (Lipinski definition) is 1. The number of benzene rings is 1. The molecule has 0 aromatic heterocycles. The zero-order valence-corrected chi connectivity index (χ0v) is 11.8. The van der Waals surface area contributed by atoms with Gasteiger partial charge in [-0.1, -0.05) is 13.8 Å². The molecule has 1 aromatic rings. The SMILES string of the molecule is CC(C)C(N)c1cc(C(F)(F)F)c(C(F)(F)F)c(C(F)(F)F)c1. The molecular weight excluding hydrogens is 341 g/mol. The van der Waals surface area contributed by atoms with Crippen molar-refractivity contribution in [2.24, 2.45) is 11.7 Å². The summed E-state index contributed by atoms with van der Waals surface area (Å²) in [7, 11) is 0. The van der Waals surface area contributed by atoms with Gasteiger partial charge in [-0.05, 0) is 23.6 Å². The molecule has 1 nitrogen and oxygen atoms in total. The first-order valence-corrected chi connectivity index (χ1v) is 6.22. The molecule has 0 fully saturated rings. The normalized spacial score (nSPS) is 15.2. The monoisotopic (exact) mass is 353 g/mol. The average molecular weight is 353 g/mol. The maximum Gasteiger partial charge on any atom is 0.417 e. The van der Waals surface area contributed by atoms with Gasteiger partial charge in [0.15, 0.2) is 0 Å². The van der Waals surface area contributed by atoms with Gasteiger partial charge >= 0.3 is 18.5 Å². The quantitative estimate of drug-likeness (QED) is 0.708. The summed E-state index contributed by atoms with van der Waals surface area (Å²) in [6.07, 6.45) is -17.1. The molecular formula is C13H12F9N. The van der Waals surface area contributed by atoms with Gasteiger partial charge in [0.2, 0.25) is 0 Å². The summed E-state index contributed by atoms with van der Waals surface area (Å²) in [5, 5.41) is 0. The smallest absolute Gasteiger partial charge is 0.324 e. The first-order chi connectivity index (χ1) is 10.1. The first kappa shape index (κ1) is 19.6. The number of rotatable bonds is 2. The largest absolute Gasteiger partial charge is 0.417 e. The Bertz CT molecular complexity index is 531. The minimum atomic E-state index is -5.82. The van der Waals surface area contributed by atoms with Crippen LogP contribution < -0.4 is 5.73 Å². The van der Waals surface area contributed by atoms with Crippen molar-refractivity contribution >= 4 is 0 Å². The second-order valence-electron chi connectivity index (χ2n) is 5.25. The van der Waals surface area contributed by atoms with Gasteiger partial charge in [0, 0.05) is 6.04 Å². The maximum absolute atomic E-state index is 12.9. The highest BCUT2D eigenvalue weighted by Crippen LogP contribution is 2.47. The Morgan fingerprint density at radius 3 is 1.30 bits per heavy atom. The first-order valence-electron chi connectivity index (χ1n) is 6.22. The standard InChI is InChI=1S/C13H12F9N/c1-5(2)10(23)6-3-7(11(14,15)16)9(13(20,21)22)8(4-6)12(17,18)19/h3-5,10H,23H2,1-2H3. The zero-order chi connectivity index (χ0) is 18.4. The van der Waals surface area contributed by atoms with Crippen molar-refractivity contribution in [3.63, 3.8) is 0 Å². The number of hydrogen-bond donors (Lipinski definition) is 1. The van der Waals surface area contributed by atoms with Crippen LogP contribution in [0.25, 0.3) is 0 Å². The second-order valence-corrected chi connectivity index (χ2v) is 5.25. The lowest BCUT2D eigenvalue weighted by Gasteiger charge is -2.24. The van der Waals surface area contributed by atoms with Crippen molar-refractivity contribution in [2.45, 2.75) is 38.4 Å². The molecule has 0 aliphatic heterocycles. The van der Waals surface area contributed by atoms with Gasteiger partial charge in [-0.2, -0.15) is 39.5 Å². The van der Waals surface area contributed by atoms with Crippen molar-refractivity contribution in [3.8, 4) is 0 Å². The molecule has 10 heteroatoms. The highest BCUT2D eigenvalue weighted by molar-refractivity contribution is 5.45. The van der Waals surface area contributed by atoms with Gasteiger partial charge in [-0.25, -0.2) is 0 Å². The highest BCUT2D eigenvalue weighted by atomic mass is 19.4. The minimum absolute atomic E-state index is 0.0305. The molecule has 0 aliphatic rings. The Hall–Kier alpha value is -1.45. The van der Waals surface area contributed by atoms with Crippen LogP contribution in [0.2, 0.25) is 0 Å². The van der Waals surface area contributed by atoms with Crippen LogP contribution in [0, 0.1) is 5.92 Å². The van der Waals surface area contributed by atoms with E-state index in [0.717, 1.165) is 0 Å². The van der Waals surface area contributed by atoms with Crippen LogP contribution >= 0.6 is 0 Å². The Labute approximate surface area is 125 Å². The fraction of sp³-hybridized carbons (Fsp3) is 0.538. The maximum atomic E-state index is 12.9. The molecule has 23 heavy (non-hydrogen) atoms. The predicted molar refractivity (Wildman–Crippen MR) is 63.2 cm³/mol. The van der Waals surface area contributed by atoms with Gasteiger partial charge < -0.3 is 5.73 Å². The molecule has 0 radical (unpaired) electrons. The molecule has 0 aliphatic carbocycles. The van der Waals surface area contributed by atoms with Crippen LogP contribution in [0.15, 0.2) is 12.1 Å². The number of nitrogens with two attached hydrogens (primary N) is 1. The Balaban J connectivity index is 3.88. The molecule has 1 atom stereocenters. The summed E-state index contributed by atoms with van der Waals surface area (Å²) in [6, 6.07) is -1.22. The van der Waals surface area contributed by atoms with E-state index in [9.17, 15) is 39.5 Å². The Kier molecular flexibility index (Phi) is 5.01. The second kappa shape index (κ2) is 5.88. The predicted octanol–water partition coefficient (Wildman–Crippen LogP) is 5.40. The molecule has 1 rings (SSSR count). The third-order valence-corrected chi connectivity index (χ3v) is 3.16. The number of halogens is 9. The van der Waals surface area contributed by atoms with Crippen LogP contribution in [0.5, 0.6) is 0 Å². The molecule has 0 saturated heterocycles. The molecule has 0 saturated carbocycles. The van der Waals surface area contributed by atoms with Gasteiger partial charge in [0.05, 0.1) is 16.7 Å². The third-order valence-electron chi connectivity index (χ3n) is 3.16. The van der Waals surface area contributed by atoms with E-state index in [1.165, 1.54) is 13.8 Å².